The molecule has 0 spiro atoms. The maximum atomic E-state index is 11.4. The van der Waals surface area contributed by atoms with Crippen molar-refractivity contribution < 1.29 is 14.3 Å². The molecule has 1 unspecified atom stereocenters. The van der Waals surface area contributed by atoms with Crippen LogP contribution in [0, 0.1) is 0 Å². The first-order valence-corrected chi connectivity index (χ1v) is 5.97. The summed E-state index contributed by atoms with van der Waals surface area (Å²) in [6.07, 6.45) is 0.766. The van der Waals surface area contributed by atoms with Crippen molar-refractivity contribution in [3.8, 4) is 0 Å². The minimum atomic E-state index is -0.131. The molecule has 4 nitrogen and oxygen atoms in total. The Morgan fingerprint density at radius 3 is 3.07 bits per heavy atom. The third-order valence-corrected chi connectivity index (χ3v) is 3.01. The van der Waals surface area contributed by atoms with E-state index in [2.05, 4.69) is 5.32 Å². The molecule has 0 saturated carbocycles. The largest absolute Gasteiger partial charge is 0.464 e. The molecule has 1 aliphatic heterocycles. The van der Waals surface area contributed by atoms with E-state index in [4.69, 9.17) is 9.47 Å². The summed E-state index contributed by atoms with van der Waals surface area (Å²) >= 11 is 1.79. The summed E-state index contributed by atoms with van der Waals surface area (Å²) < 4.78 is 9.95. The molecule has 1 atom stereocenters. The Balaban J connectivity index is 2.07. The van der Waals surface area contributed by atoms with Gasteiger partial charge in [-0.2, -0.15) is 11.8 Å². The van der Waals surface area contributed by atoms with Gasteiger partial charge in [-0.15, -0.1) is 0 Å². The summed E-state index contributed by atoms with van der Waals surface area (Å²) in [7, 11) is 1.64. The van der Waals surface area contributed by atoms with Gasteiger partial charge in [0.05, 0.1) is 6.61 Å². The fourth-order valence-corrected chi connectivity index (χ4v) is 2.11. The maximum absolute atomic E-state index is 11.4. The number of hydrogen-bond donors (Lipinski definition) is 1. The molecular weight excluding hydrogens is 202 g/mol. The van der Waals surface area contributed by atoms with Gasteiger partial charge in [0.2, 0.25) is 0 Å². The number of rotatable bonds is 5. The summed E-state index contributed by atoms with van der Waals surface area (Å²) in [5, 5.41) is 3.13. The normalized spacial score (nSPS) is 21.9. The van der Waals surface area contributed by atoms with E-state index in [1.165, 1.54) is 0 Å². The number of thioether (sulfide) groups is 1. The maximum Gasteiger partial charge on any atom is 0.323 e. The predicted octanol–water partition coefficient (Wildman–Crippen LogP) is 0.271. The molecule has 14 heavy (non-hydrogen) atoms. The van der Waals surface area contributed by atoms with E-state index in [9.17, 15) is 4.79 Å². The number of hydrogen-bond acceptors (Lipinski definition) is 5. The molecule has 82 valence electrons. The third-order valence-electron chi connectivity index (χ3n) is 1.94. The summed E-state index contributed by atoms with van der Waals surface area (Å²) in [6.45, 7) is 1.98. The SMILES string of the molecule is COCCCOC(=O)C1CSCCN1. The summed E-state index contributed by atoms with van der Waals surface area (Å²) in [5.74, 6) is 1.77. The first-order chi connectivity index (χ1) is 6.84. The second kappa shape index (κ2) is 7.09. The van der Waals surface area contributed by atoms with Gasteiger partial charge >= 0.3 is 5.97 Å². The van der Waals surface area contributed by atoms with E-state index in [1.807, 2.05) is 0 Å². The van der Waals surface area contributed by atoms with Gasteiger partial charge in [0.25, 0.3) is 0 Å². The zero-order chi connectivity index (χ0) is 10.2. The summed E-state index contributed by atoms with van der Waals surface area (Å²) in [5.41, 5.74) is 0. The van der Waals surface area contributed by atoms with Crippen molar-refractivity contribution in [3.05, 3.63) is 0 Å². The Hall–Kier alpha value is -0.260. The lowest BCUT2D eigenvalue weighted by molar-refractivity contribution is -0.145. The lowest BCUT2D eigenvalue weighted by Crippen LogP contribution is -2.44. The second-order valence-corrected chi connectivity index (χ2v) is 4.25. The van der Waals surface area contributed by atoms with E-state index in [1.54, 1.807) is 18.9 Å². The topological polar surface area (TPSA) is 47.6 Å². The zero-order valence-electron chi connectivity index (χ0n) is 8.45. The standard InChI is InChI=1S/C9H17NO3S/c1-12-4-2-5-13-9(11)8-7-14-6-3-10-8/h8,10H,2-7H2,1H3. The van der Waals surface area contributed by atoms with Gasteiger partial charge in [-0.25, -0.2) is 0 Å². The van der Waals surface area contributed by atoms with Crippen LogP contribution in [0.5, 0.6) is 0 Å². The van der Waals surface area contributed by atoms with Crippen LogP contribution in [0.4, 0.5) is 0 Å². The minimum absolute atomic E-state index is 0.115. The number of ether oxygens (including phenoxy) is 2. The van der Waals surface area contributed by atoms with Crippen LogP contribution in [-0.2, 0) is 14.3 Å². The van der Waals surface area contributed by atoms with Gasteiger partial charge in [-0.05, 0) is 0 Å². The monoisotopic (exact) mass is 219 g/mol. The Kier molecular flexibility index (Phi) is 5.98. The van der Waals surface area contributed by atoms with Gasteiger partial charge in [0, 0.05) is 38.2 Å². The van der Waals surface area contributed by atoms with Gasteiger partial charge in [0.1, 0.15) is 6.04 Å². The fourth-order valence-electron chi connectivity index (χ4n) is 1.19. The molecule has 1 N–H and O–H groups in total. The van der Waals surface area contributed by atoms with E-state index in [0.717, 1.165) is 24.5 Å². The fraction of sp³-hybridized carbons (Fsp3) is 0.889. The van der Waals surface area contributed by atoms with Crippen LogP contribution in [0.15, 0.2) is 0 Å². The highest BCUT2D eigenvalue weighted by molar-refractivity contribution is 7.99. The molecule has 5 heteroatoms. The minimum Gasteiger partial charge on any atom is -0.464 e. The molecule has 1 rings (SSSR count). The number of esters is 1. The molecule has 0 aromatic carbocycles. The number of carbonyl (C=O) groups excluding carboxylic acids is 1. The van der Waals surface area contributed by atoms with Gasteiger partial charge in [0.15, 0.2) is 0 Å². The van der Waals surface area contributed by atoms with E-state index >= 15 is 0 Å². The van der Waals surface area contributed by atoms with Gasteiger partial charge < -0.3 is 14.8 Å². The lowest BCUT2D eigenvalue weighted by atomic mass is 10.3. The lowest BCUT2D eigenvalue weighted by Gasteiger charge is -2.21. The highest BCUT2D eigenvalue weighted by Gasteiger charge is 2.21. The zero-order valence-corrected chi connectivity index (χ0v) is 9.27. The highest BCUT2D eigenvalue weighted by Crippen LogP contribution is 2.08. The molecule has 0 aliphatic carbocycles. The Morgan fingerprint density at radius 1 is 1.57 bits per heavy atom. The third kappa shape index (κ3) is 4.30. The van der Waals surface area contributed by atoms with Crippen LogP contribution in [0.3, 0.4) is 0 Å². The quantitative estimate of drug-likeness (QED) is 0.531. The molecule has 0 aromatic heterocycles. The molecule has 1 heterocycles. The first kappa shape index (κ1) is 11.8. The smallest absolute Gasteiger partial charge is 0.323 e. The number of nitrogens with one attached hydrogen (secondary N) is 1. The average molecular weight is 219 g/mol. The molecule has 0 amide bonds. The van der Waals surface area contributed by atoms with Crippen LogP contribution in [0.25, 0.3) is 0 Å². The number of carbonyl (C=O) groups is 1. The molecule has 1 fully saturated rings. The van der Waals surface area contributed by atoms with Crippen molar-refractivity contribution in [1.29, 1.82) is 0 Å². The van der Waals surface area contributed by atoms with Crippen LogP contribution in [0.1, 0.15) is 6.42 Å². The van der Waals surface area contributed by atoms with Crippen LogP contribution >= 0.6 is 11.8 Å². The summed E-state index contributed by atoms with van der Waals surface area (Å²) in [6, 6.07) is -0.115. The van der Waals surface area contributed by atoms with Crippen molar-refractivity contribution in [1.82, 2.24) is 5.32 Å². The van der Waals surface area contributed by atoms with Crippen molar-refractivity contribution >= 4 is 17.7 Å². The predicted molar refractivity (Wildman–Crippen MR) is 56.6 cm³/mol. The number of methoxy groups -OCH3 is 1. The van der Waals surface area contributed by atoms with Crippen molar-refractivity contribution in [3.63, 3.8) is 0 Å². The molecular formula is C9H17NO3S. The van der Waals surface area contributed by atoms with E-state index in [0.29, 0.717) is 13.2 Å². The molecule has 0 aromatic rings. The molecule has 0 radical (unpaired) electrons. The molecule has 1 aliphatic rings. The van der Waals surface area contributed by atoms with Crippen LogP contribution < -0.4 is 5.32 Å². The average Bonchev–Trinajstić information content (AvgIpc) is 2.25. The van der Waals surface area contributed by atoms with Crippen molar-refractivity contribution in [2.75, 3.05) is 38.4 Å². The van der Waals surface area contributed by atoms with Gasteiger partial charge in [-0.3, -0.25) is 4.79 Å². The van der Waals surface area contributed by atoms with Gasteiger partial charge in [-0.1, -0.05) is 0 Å². The van der Waals surface area contributed by atoms with E-state index in [-0.39, 0.29) is 12.0 Å². The molecule has 1 saturated heterocycles. The Labute approximate surface area is 88.7 Å². The van der Waals surface area contributed by atoms with Crippen molar-refractivity contribution in [2.24, 2.45) is 0 Å². The van der Waals surface area contributed by atoms with Crippen molar-refractivity contribution in [2.45, 2.75) is 12.5 Å². The summed E-state index contributed by atoms with van der Waals surface area (Å²) in [4.78, 5) is 11.4. The Morgan fingerprint density at radius 2 is 2.43 bits per heavy atom. The highest BCUT2D eigenvalue weighted by atomic mass is 32.2. The first-order valence-electron chi connectivity index (χ1n) is 4.81. The van der Waals surface area contributed by atoms with E-state index < -0.39 is 0 Å². The molecule has 0 bridgehead atoms. The van der Waals surface area contributed by atoms with Crippen LogP contribution in [-0.4, -0.2) is 50.4 Å². The second-order valence-electron chi connectivity index (χ2n) is 3.10. The van der Waals surface area contributed by atoms with Crippen LogP contribution in [0.2, 0.25) is 0 Å². The Bertz CT molecular complexity index is 171.